The Morgan fingerprint density at radius 3 is 2.39 bits per heavy atom. The lowest BCUT2D eigenvalue weighted by Gasteiger charge is -2.23. The molecule has 0 radical (unpaired) electrons. The lowest BCUT2D eigenvalue weighted by Crippen LogP contribution is -2.47. The maximum atomic E-state index is 13.5. The molecule has 0 aliphatic heterocycles. The molecule has 1 aromatic rings. The summed E-state index contributed by atoms with van der Waals surface area (Å²) in [6.07, 6.45) is 0. The van der Waals surface area contributed by atoms with Crippen molar-refractivity contribution in [1.82, 2.24) is 10.6 Å². The Hall–Kier alpha value is -2.25. The van der Waals surface area contributed by atoms with Gasteiger partial charge in [0.2, 0.25) is 5.91 Å². The molecule has 0 atom stereocenters. The molecule has 5 nitrogen and oxygen atoms in total. The number of rotatable bonds is 4. The van der Waals surface area contributed by atoms with Crippen LogP contribution in [0.3, 0.4) is 0 Å². The number of carbonyl (C=O) groups excluding carboxylic acids is 1. The van der Waals surface area contributed by atoms with Crippen LogP contribution in [-0.2, 0) is 4.79 Å². The van der Waals surface area contributed by atoms with Gasteiger partial charge in [-0.3, -0.25) is 4.79 Å². The van der Waals surface area contributed by atoms with Crippen molar-refractivity contribution in [3.8, 4) is 0 Å². The molecule has 0 aliphatic carbocycles. The van der Waals surface area contributed by atoms with Gasteiger partial charge in [0.25, 0.3) is 0 Å². The van der Waals surface area contributed by atoms with Crippen molar-refractivity contribution in [2.45, 2.75) is 33.2 Å². The van der Waals surface area contributed by atoms with Gasteiger partial charge in [0.05, 0.1) is 5.69 Å². The van der Waals surface area contributed by atoms with E-state index in [1.807, 2.05) is 27.7 Å². The molecule has 8 heteroatoms. The molecule has 0 spiro atoms. The number of nitrogens with zero attached hydrogens (tertiary/aromatic N) is 1. The van der Waals surface area contributed by atoms with E-state index in [1.165, 1.54) is 0 Å². The van der Waals surface area contributed by atoms with Crippen molar-refractivity contribution < 1.29 is 18.0 Å². The van der Waals surface area contributed by atoms with Gasteiger partial charge in [0.1, 0.15) is 6.54 Å². The Morgan fingerprint density at radius 2 is 1.83 bits per heavy atom. The molecule has 0 fully saturated rings. The number of hydrogen-bond acceptors (Lipinski definition) is 2. The Kier molecular flexibility index (Phi) is 6.41. The second kappa shape index (κ2) is 7.85. The molecule has 3 N–H and O–H groups in total. The summed E-state index contributed by atoms with van der Waals surface area (Å²) in [6, 6.07) is 1.69. The van der Waals surface area contributed by atoms with Crippen LogP contribution < -0.4 is 16.0 Å². The summed E-state index contributed by atoms with van der Waals surface area (Å²) in [7, 11) is 0. The molecular formula is C15H21F3N4O. The van der Waals surface area contributed by atoms with Crippen molar-refractivity contribution in [2.75, 3.05) is 18.4 Å². The van der Waals surface area contributed by atoms with Gasteiger partial charge in [-0.05, 0) is 39.8 Å². The van der Waals surface area contributed by atoms with Crippen LogP contribution in [0.2, 0.25) is 0 Å². The van der Waals surface area contributed by atoms with Gasteiger partial charge < -0.3 is 16.0 Å². The standard InChI is InChI=1S/C15H21F3N4O/c1-5-19-14(22-15(2,3)4)20-8-11(23)21-10-7-6-9(16)12(17)13(10)18/h6-7H,5,8H2,1-4H3,(H,21,23)(H2,19,20,22). The fraction of sp³-hybridized carbons (Fsp3) is 0.467. The Morgan fingerprint density at radius 1 is 1.17 bits per heavy atom. The topological polar surface area (TPSA) is 65.5 Å². The van der Waals surface area contributed by atoms with E-state index in [0.29, 0.717) is 12.5 Å². The number of halogens is 3. The number of anilines is 1. The van der Waals surface area contributed by atoms with Gasteiger partial charge in [0.15, 0.2) is 23.4 Å². The first-order valence-corrected chi connectivity index (χ1v) is 7.14. The number of amides is 1. The zero-order chi connectivity index (χ0) is 17.6. The molecule has 0 aliphatic rings. The van der Waals surface area contributed by atoms with Crippen LogP contribution in [0.15, 0.2) is 17.1 Å². The third-order valence-electron chi connectivity index (χ3n) is 2.53. The molecule has 23 heavy (non-hydrogen) atoms. The van der Waals surface area contributed by atoms with Crippen LogP contribution in [0, 0.1) is 17.5 Å². The fourth-order valence-electron chi connectivity index (χ4n) is 1.63. The predicted octanol–water partition coefficient (Wildman–Crippen LogP) is 2.40. The maximum Gasteiger partial charge on any atom is 0.246 e. The summed E-state index contributed by atoms with van der Waals surface area (Å²) in [5.41, 5.74) is -0.693. The van der Waals surface area contributed by atoms with E-state index in [-0.39, 0.29) is 12.1 Å². The lowest BCUT2D eigenvalue weighted by molar-refractivity contribution is -0.114. The van der Waals surface area contributed by atoms with E-state index in [1.54, 1.807) is 0 Å². The smallest absolute Gasteiger partial charge is 0.246 e. The minimum Gasteiger partial charge on any atom is -0.357 e. The monoisotopic (exact) mass is 330 g/mol. The van der Waals surface area contributed by atoms with Gasteiger partial charge in [-0.1, -0.05) is 0 Å². The third kappa shape index (κ3) is 6.17. The second-order valence-corrected chi connectivity index (χ2v) is 5.84. The highest BCUT2D eigenvalue weighted by molar-refractivity contribution is 5.94. The van der Waals surface area contributed by atoms with E-state index >= 15 is 0 Å². The summed E-state index contributed by atoms with van der Waals surface area (Å²) in [5.74, 6) is -4.62. The van der Waals surface area contributed by atoms with E-state index in [4.69, 9.17) is 0 Å². The zero-order valence-corrected chi connectivity index (χ0v) is 13.6. The van der Waals surface area contributed by atoms with Gasteiger partial charge in [0, 0.05) is 12.1 Å². The van der Waals surface area contributed by atoms with Crippen molar-refractivity contribution >= 4 is 17.6 Å². The average molecular weight is 330 g/mol. The molecule has 0 aromatic heterocycles. The molecule has 1 rings (SSSR count). The number of carbonyl (C=O) groups is 1. The zero-order valence-electron chi connectivity index (χ0n) is 13.6. The largest absolute Gasteiger partial charge is 0.357 e. The molecule has 0 heterocycles. The lowest BCUT2D eigenvalue weighted by atomic mass is 10.1. The number of hydrogen-bond donors (Lipinski definition) is 3. The minimum atomic E-state index is -1.63. The Bertz CT molecular complexity index is 597. The van der Waals surface area contributed by atoms with Gasteiger partial charge in [-0.25, -0.2) is 18.2 Å². The van der Waals surface area contributed by atoms with Crippen LogP contribution in [0.25, 0.3) is 0 Å². The number of nitrogens with one attached hydrogen (secondary N) is 3. The average Bonchev–Trinajstić information content (AvgIpc) is 2.44. The second-order valence-electron chi connectivity index (χ2n) is 5.84. The van der Waals surface area contributed by atoms with E-state index < -0.39 is 29.0 Å². The first kappa shape index (κ1) is 18.8. The van der Waals surface area contributed by atoms with E-state index in [2.05, 4.69) is 20.9 Å². The SMILES string of the molecule is CCNC(=NCC(=O)Nc1ccc(F)c(F)c1F)NC(C)(C)C. The maximum absolute atomic E-state index is 13.5. The van der Waals surface area contributed by atoms with Gasteiger partial charge >= 0.3 is 0 Å². The Balaban J connectivity index is 2.75. The third-order valence-corrected chi connectivity index (χ3v) is 2.53. The molecule has 1 amide bonds. The molecule has 0 bridgehead atoms. The summed E-state index contributed by atoms with van der Waals surface area (Å²) in [6.45, 7) is 7.95. The van der Waals surface area contributed by atoms with E-state index in [9.17, 15) is 18.0 Å². The van der Waals surface area contributed by atoms with Crippen LogP contribution in [0.5, 0.6) is 0 Å². The first-order chi connectivity index (χ1) is 10.6. The Labute approximate surface area is 133 Å². The molecule has 0 unspecified atom stereocenters. The normalized spacial score (nSPS) is 12.0. The van der Waals surface area contributed by atoms with Crippen LogP contribution in [-0.4, -0.2) is 30.5 Å². The number of benzene rings is 1. The quantitative estimate of drug-likeness (QED) is 0.451. The number of aliphatic imine (C=N–C) groups is 1. The van der Waals surface area contributed by atoms with Crippen LogP contribution in [0.4, 0.5) is 18.9 Å². The molecule has 1 aromatic carbocycles. The molecule has 0 saturated heterocycles. The highest BCUT2D eigenvalue weighted by Gasteiger charge is 2.16. The summed E-state index contributed by atoms with van der Waals surface area (Å²) in [4.78, 5) is 15.8. The van der Waals surface area contributed by atoms with Crippen molar-refractivity contribution in [3.63, 3.8) is 0 Å². The van der Waals surface area contributed by atoms with Gasteiger partial charge in [-0.2, -0.15) is 0 Å². The van der Waals surface area contributed by atoms with Crippen LogP contribution in [0.1, 0.15) is 27.7 Å². The first-order valence-electron chi connectivity index (χ1n) is 7.14. The van der Waals surface area contributed by atoms with Crippen molar-refractivity contribution in [2.24, 2.45) is 4.99 Å². The predicted molar refractivity (Wildman–Crippen MR) is 83.8 cm³/mol. The summed E-state index contributed by atoms with van der Waals surface area (Å²) in [5, 5.41) is 8.20. The number of guanidine groups is 1. The highest BCUT2D eigenvalue weighted by atomic mass is 19.2. The minimum absolute atomic E-state index is 0.260. The summed E-state index contributed by atoms with van der Waals surface area (Å²) >= 11 is 0. The molecular weight excluding hydrogens is 309 g/mol. The molecule has 0 saturated carbocycles. The van der Waals surface area contributed by atoms with Crippen molar-refractivity contribution in [3.05, 3.63) is 29.6 Å². The highest BCUT2D eigenvalue weighted by Crippen LogP contribution is 2.19. The van der Waals surface area contributed by atoms with Crippen LogP contribution >= 0.6 is 0 Å². The summed E-state index contributed by atoms with van der Waals surface area (Å²) < 4.78 is 39.4. The molecule has 128 valence electrons. The van der Waals surface area contributed by atoms with Gasteiger partial charge in [-0.15, -0.1) is 0 Å². The van der Waals surface area contributed by atoms with Crippen molar-refractivity contribution in [1.29, 1.82) is 0 Å². The fourth-order valence-corrected chi connectivity index (χ4v) is 1.63. The van der Waals surface area contributed by atoms with E-state index in [0.717, 1.165) is 12.1 Å².